The molecule has 114 valence electrons. The van der Waals surface area contributed by atoms with Gasteiger partial charge in [-0.15, -0.1) is 0 Å². The molecule has 2 aromatic carbocycles. The van der Waals surface area contributed by atoms with Crippen molar-refractivity contribution >= 4 is 5.57 Å². The fourth-order valence-electron chi connectivity index (χ4n) is 3.16. The molecule has 22 heavy (non-hydrogen) atoms. The van der Waals surface area contributed by atoms with Crippen molar-refractivity contribution in [2.45, 2.75) is 38.5 Å². The third-order valence-corrected chi connectivity index (χ3v) is 4.57. The Morgan fingerprint density at radius 3 is 2.45 bits per heavy atom. The van der Waals surface area contributed by atoms with Gasteiger partial charge in [-0.1, -0.05) is 49.4 Å². The van der Waals surface area contributed by atoms with Gasteiger partial charge in [-0.05, 0) is 54.4 Å². The summed E-state index contributed by atoms with van der Waals surface area (Å²) in [4.78, 5) is 0. The molecule has 0 heterocycles. The molecule has 0 aromatic heterocycles. The Bertz CT molecular complexity index is 683. The number of halogens is 2. The minimum Gasteiger partial charge on any atom is -0.204 e. The van der Waals surface area contributed by atoms with Crippen molar-refractivity contribution in [2.24, 2.45) is 0 Å². The van der Waals surface area contributed by atoms with Gasteiger partial charge in [0.2, 0.25) is 0 Å². The second-order valence-corrected chi connectivity index (χ2v) is 5.90. The van der Waals surface area contributed by atoms with Crippen molar-refractivity contribution in [3.63, 3.8) is 0 Å². The van der Waals surface area contributed by atoms with Crippen LogP contribution in [-0.2, 0) is 6.42 Å². The summed E-state index contributed by atoms with van der Waals surface area (Å²) in [5, 5.41) is 0. The number of aryl methyl sites for hydroxylation is 1. The molecule has 1 aliphatic rings. The fraction of sp³-hybridized carbons (Fsp3) is 0.300. The van der Waals surface area contributed by atoms with Crippen LogP contribution in [0.4, 0.5) is 8.78 Å². The minimum atomic E-state index is -0.768. The molecule has 0 nitrogen and oxygen atoms in total. The summed E-state index contributed by atoms with van der Waals surface area (Å²) in [6.45, 7) is 2.15. The lowest BCUT2D eigenvalue weighted by Crippen LogP contribution is -2.05. The second-order valence-electron chi connectivity index (χ2n) is 5.90. The van der Waals surface area contributed by atoms with Crippen molar-refractivity contribution in [1.82, 2.24) is 0 Å². The highest BCUT2D eigenvalue weighted by Gasteiger charge is 2.19. The maximum atomic E-state index is 13.9. The molecule has 3 rings (SSSR count). The molecule has 0 bridgehead atoms. The molecule has 0 N–H and O–H groups in total. The largest absolute Gasteiger partial charge is 0.204 e. The van der Waals surface area contributed by atoms with E-state index in [1.54, 1.807) is 12.1 Å². The summed E-state index contributed by atoms with van der Waals surface area (Å²) in [6.07, 6.45) is 5.78. The first-order valence-electron chi connectivity index (χ1n) is 7.91. The molecule has 1 aliphatic carbocycles. The van der Waals surface area contributed by atoms with E-state index >= 15 is 0 Å². The van der Waals surface area contributed by atoms with Crippen LogP contribution < -0.4 is 0 Å². The Hall–Kier alpha value is -1.96. The SMILES string of the molecule is CCc1ccc(C2CC=C(c3cccc(F)c3F)CC2)cc1. The first-order valence-corrected chi connectivity index (χ1v) is 7.91. The highest BCUT2D eigenvalue weighted by molar-refractivity contribution is 5.67. The molecule has 1 unspecified atom stereocenters. The molecular formula is C20H20F2. The third kappa shape index (κ3) is 2.96. The quantitative estimate of drug-likeness (QED) is 0.664. The summed E-state index contributed by atoms with van der Waals surface area (Å²) in [6, 6.07) is 13.2. The molecule has 0 aliphatic heterocycles. The average Bonchev–Trinajstić information content (AvgIpc) is 2.58. The average molecular weight is 298 g/mol. The molecule has 2 aromatic rings. The topological polar surface area (TPSA) is 0 Å². The van der Waals surface area contributed by atoms with Crippen LogP contribution in [0, 0.1) is 11.6 Å². The van der Waals surface area contributed by atoms with Gasteiger partial charge in [0.1, 0.15) is 0 Å². The lowest BCUT2D eigenvalue weighted by Gasteiger charge is -2.23. The highest BCUT2D eigenvalue weighted by Crippen LogP contribution is 2.37. The van der Waals surface area contributed by atoms with E-state index in [0.717, 1.165) is 31.3 Å². The van der Waals surface area contributed by atoms with Crippen LogP contribution in [0.3, 0.4) is 0 Å². The second kappa shape index (κ2) is 6.43. The van der Waals surface area contributed by atoms with E-state index in [0.29, 0.717) is 11.5 Å². The number of hydrogen-bond acceptors (Lipinski definition) is 0. The van der Waals surface area contributed by atoms with Gasteiger partial charge < -0.3 is 0 Å². The van der Waals surface area contributed by atoms with Gasteiger partial charge in [0, 0.05) is 5.56 Å². The van der Waals surface area contributed by atoms with Crippen molar-refractivity contribution in [1.29, 1.82) is 0 Å². The highest BCUT2D eigenvalue weighted by atomic mass is 19.2. The normalized spacial score (nSPS) is 18.1. The van der Waals surface area contributed by atoms with Crippen molar-refractivity contribution in [3.8, 4) is 0 Å². The van der Waals surface area contributed by atoms with Gasteiger partial charge in [0.05, 0.1) is 0 Å². The van der Waals surface area contributed by atoms with E-state index in [-0.39, 0.29) is 0 Å². The maximum absolute atomic E-state index is 13.9. The van der Waals surface area contributed by atoms with Crippen molar-refractivity contribution in [3.05, 3.63) is 76.9 Å². The minimum absolute atomic E-state index is 0.416. The van der Waals surface area contributed by atoms with Crippen LogP contribution in [0.2, 0.25) is 0 Å². The molecular weight excluding hydrogens is 278 g/mol. The number of rotatable bonds is 3. The summed E-state index contributed by atoms with van der Waals surface area (Å²) < 4.78 is 27.2. The number of hydrogen-bond donors (Lipinski definition) is 0. The fourth-order valence-corrected chi connectivity index (χ4v) is 3.16. The predicted molar refractivity (Wildman–Crippen MR) is 86.7 cm³/mol. The number of allylic oxidation sites excluding steroid dienone is 2. The monoisotopic (exact) mass is 298 g/mol. The predicted octanol–water partition coefficient (Wildman–Crippen LogP) is 5.88. The van der Waals surface area contributed by atoms with Crippen LogP contribution in [0.25, 0.3) is 5.57 Å². The zero-order valence-corrected chi connectivity index (χ0v) is 12.8. The molecule has 2 heteroatoms. The molecule has 0 saturated heterocycles. The lowest BCUT2D eigenvalue weighted by molar-refractivity contribution is 0.505. The van der Waals surface area contributed by atoms with Crippen LogP contribution >= 0.6 is 0 Å². The lowest BCUT2D eigenvalue weighted by atomic mass is 9.82. The first-order chi connectivity index (χ1) is 10.7. The van der Waals surface area contributed by atoms with Crippen LogP contribution in [0.5, 0.6) is 0 Å². The smallest absolute Gasteiger partial charge is 0.166 e. The molecule has 0 radical (unpaired) electrons. The summed E-state index contributed by atoms with van der Waals surface area (Å²) >= 11 is 0. The summed E-state index contributed by atoms with van der Waals surface area (Å²) in [5.41, 5.74) is 4.03. The van der Waals surface area contributed by atoms with E-state index in [4.69, 9.17) is 0 Å². The van der Waals surface area contributed by atoms with E-state index in [2.05, 4.69) is 37.3 Å². The van der Waals surface area contributed by atoms with Gasteiger partial charge >= 0.3 is 0 Å². The Morgan fingerprint density at radius 2 is 1.82 bits per heavy atom. The van der Waals surface area contributed by atoms with Crippen LogP contribution in [-0.4, -0.2) is 0 Å². The molecule has 0 saturated carbocycles. The van der Waals surface area contributed by atoms with Gasteiger partial charge in [-0.2, -0.15) is 0 Å². The van der Waals surface area contributed by atoms with E-state index in [9.17, 15) is 8.78 Å². The number of benzene rings is 2. The van der Waals surface area contributed by atoms with E-state index < -0.39 is 11.6 Å². The van der Waals surface area contributed by atoms with Gasteiger partial charge in [0.15, 0.2) is 11.6 Å². The van der Waals surface area contributed by atoms with Gasteiger partial charge in [-0.3, -0.25) is 0 Å². The van der Waals surface area contributed by atoms with Crippen LogP contribution in [0.15, 0.2) is 48.5 Å². The summed E-state index contributed by atoms with van der Waals surface area (Å²) in [5.74, 6) is -1.01. The molecule has 0 spiro atoms. The Balaban J connectivity index is 1.77. The van der Waals surface area contributed by atoms with E-state index in [1.165, 1.54) is 17.2 Å². The standard InChI is InChI=1S/C20H20F2/c1-2-14-6-8-15(9-7-14)16-10-12-17(13-11-16)18-4-3-5-19(21)20(18)22/h3-9,12,16H,2,10-11,13H2,1H3. The molecule has 0 amide bonds. The third-order valence-electron chi connectivity index (χ3n) is 4.57. The summed E-state index contributed by atoms with van der Waals surface area (Å²) in [7, 11) is 0. The zero-order valence-electron chi connectivity index (χ0n) is 12.8. The Morgan fingerprint density at radius 1 is 1.05 bits per heavy atom. The molecule has 0 fully saturated rings. The maximum Gasteiger partial charge on any atom is 0.166 e. The Labute approximate surface area is 130 Å². The zero-order chi connectivity index (χ0) is 15.5. The van der Waals surface area contributed by atoms with Crippen molar-refractivity contribution in [2.75, 3.05) is 0 Å². The first kappa shape index (κ1) is 15.0. The molecule has 1 atom stereocenters. The van der Waals surface area contributed by atoms with Gasteiger partial charge in [-0.25, -0.2) is 8.78 Å². The van der Waals surface area contributed by atoms with E-state index in [1.807, 2.05) is 0 Å². The van der Waals surface area contributed by atoms with Gasteiger partial charge in [0.25, 0.3) is 0 Å². The van der Waals surface area contributed by atoms with Crippen LogP contribution in [0.1, 0.15) is 48.8 Å². The Kier molecular flexibility index (Phi) is 4.37. The van der Waals surface area contributed by atoms with Crippen molar-refractivity contribution < 1.29 is 8.78 Å².